The molecule has 1 aliphatic rings. The molecule has 2 aromatic rings. The van der Waals surface area contributed by atoms with Gasteiger partial charge in [0.05, 0.1) is 5.69 Å². The molecule has 0 aliphatic carbocycles. The fourth-order valence-corrected chi connectivity index (χ4v) is 3.58. The van der Waals surface area contributed by atoms with Gasteiger partial charge in [-0.15, -0.1) is 0 Å². The monoisotopic (exact) mass is 355 g/mol. The third-order valence-corrected chi connectivity index (χ3v) is 5.29. The molecule has 0 saturated carbocycles. The van der Waals surface area contributed by atoms with E-state index in [-0.39, 0.29) is 11.9 Å². The van der Waals surface area contributed by atoms with E-state index in [4.69, 9.17) is 0 Å². The minimum absolute atomic E-state index is 0.114. The minimum atomic E-state index is 0.114. The standard InChI is InChI=1S/C20H29N5O/c1-15-16(2)23-25(17(15)3)11-8-20(26)22-19-7-5-10-24(14-19)13-18-6-4-9-21-12-18/h4,6,9,12,19H,5,7-8,10-11,13-14H2,1-3H3,(H,22,26)/t19-/m0/s1. The molecule has 6 nitrogen and oxygen atoms in total. The number of piperidine rings is 1. The number of nitrogens with one attached hydrogen (secondary N) is 1. The maximum absolute atomic E-state index is 12.4. The molecule has 1 amide bonds. The first-order valence-corrected chi connectivity index (χ1v) is 9.44. The van der Waals surface area contributed by atoms with Gasteiger partial charge >= 0.3 is 0 Å². The van der Waals surface area contributed by atoms with E-state index < -0.39 is 0 Å². The van der Waals surface area contributed by atoms with Crippen molar-refractivity contribution in [3.05, 3.63) is 47.0 Å². The average Bonchev–Trinajstić information content (AvgIpc) is 2.88. The molecule has 2 aromatic heterocycles. The zero-order valence-corrected chi connectivity index (χ0v) is 16.0. The van der Waals surface area contributed by atoms with Crippen molar-refractivity contribution in [1.29, 1.82) is 0 Å². The number of carbonyl (C=O) groups excluding carboxylic acids is 1. The summed E-state index contributed by atoms with van der Waals surface area (Å²) in [6.45, 7) is 9.66. The number of hydrogen-bond donors (Lipinski definition) is 1. The predicted octanol–water partition coefficient (Wildman–Crippen LogP) is 2.37. The fourth-order valence-electron chi connectivity index (χ4n) is 3.58. The highest BCUT2D eigenvalue weighted by atomic mass is 16.1. The van der Waals surface area contributed by atoms with Crippen LogP contribution in [0.15, 0.2) is 24.5 Å². The summed E-state index contributed by atoms with van der Waals surface area (Å²) in [5.74, 6) is 0.114. The van der Waals surface area contributed by atoms with Crippen LogP contribution in [0.1, 0.15) is 41.8 Å². The van der Waals surface area contributed by atoms with E-state index in [1.54, 1.807) is 6.20 Å². The molecular formula is C20H29N5O. The number of nitrogens with zero attached hydrogens (tertiary/aromatic N) is 4. The molecule has 0 aromatic carbocycles. The molecule has 0 bridgehead atoms. The Bertz CT molecular complexity index is 740. The Morgan fingerprint density at radius 3 is 2.88 bits per heavy atom. The first-order chi connectivity index (χ1) is 12.5. The molecular weight excluding hydrogens is 326 g/mol. The number of likely N-dealkylation sites (tertiary alicyclic amines) is 1. The molecule has 1 aliphatic heterocycles. The fraction of sp³-hybridized carbons (Fsp3) is 0.550. The van der Waals surface area contributed by atoms with Crippen LogP contribution in [-0.2, 0) is 17.9 Å². The lowest BCUT2D eigenvalue weighted by Gasteiger charge is -2.33. The second-order valence-electron chi connectivity index (χ2n) is 7.27. The second-order valence-corrected chi connectivity index (χ2v) is 7.27. The first kappa shape index (κ1) is 18.6. The van der Waals surface area contributed by atoms with Gasteiger partial charge in [-0.3, -0.25) is 19.4 Å². The van der Waals surface area contributed by atoms with Crippen molar-refractivity contribution in [2.24, 2.45) is 0 Å². The van der Waals surface area contributed by atoms with Gasteiger partial charge in [0.25, 0.3) is 0 Å². The molecule has 6 heteroatoms. The zero-order valence-electron chi connectivity index (χ0n) is 16.0. The van der Waals surface area contributed by atoms with Crippen LogP contribution in [0, 0.1) is 20.8 Å². The van der Waals surface area contributed by atoms with Crippen molar-refractivity contribution in [1.82, 2.24) is 25.0 Å². The van der Waals surface area contributed by atoms with E-state index >= 15 is 0 Å². The van der Waals surface area contributed by atoms with Gasteiger partial charge in [-0.1, -0.05) is 6.07 Å². The van der Waals surface area contributed by atoms with Crippen LogP contribution < -0.4 is 5.32 Å². The normalized spacial score (nSPS) is 18.0. The molecule has 3 rings (SSSR count). The first-order valence-electron chi connectivity index (χ1n) is 9.44. The molecule has 0 unspecified atom stereocenters. The highest BCUT2D eigenvalue weighted by Gasteiger charge is 2.21. The summed E-state index contributed by atoms with van der Waals surface area (Å²) in [6.07, 6.45) is 6.35. The summed E-state index contributed by atoms with van der Waals surface area (Å²) in [4.78, 5) is 19.0. The van der Waals surface area contributed by atoms with E-state index in [1.807, 2.05) is 23.9 Å². The van der Waals surface area contributed by atoms with E-state index in [1.165, 1.54) is 11.1 Å². The Labute approximate surface area is 155 Å². The van der Waals surface area contributed by atoms with Crippen LogP contribution in [0.25, 0.3) is 0 Å². The molecule has 140 valence electrons. The van der Waals surface area contributed by atoms with E-state index in [0.29, 0.717) is 13.0 Å². The molecule has 1 atom stereocenters. The summed E-state index contributed by atoms with van der Waals surface area (Å²) in [7, 11) is 0. The molecule has 1 N–H and O–H groups in total. The summed E-state index contributed by atoms with van der Waals surface area (Å²) in [5.41, 5.74) is 4.62. The van der Waals surface area contributed by atoms with Gasteiger partial charge in [0.1, 0.15) is 0 Å². The van der Waals surface area contributed by atoms with Crippen molar-refractivity contribution in [3.8, 4) is 0 Å². The summed E-state index contributed by atoms with van der Waals surface area (Å²) < 4.78 is 1.94. The van der Waals surface area contributed by atoms with Crippen LogP contribution in [0.2, 0.25) is 0 Å². The highest BCUT2D eigenvalue weighted by molar-refractivity contribution is 5.76. The smallest absolute Gasteiger partial charge is 0.222 e. The van der Waals surface area contributed by atoms with Crippen LogP contribution in [0.5, 0.6) is 0 Å². The van der Waals surface area contributed by atoms with Gasteiger partial charge in [0, 0.05) is 50.2 Å². The van der Waals surface area contributed by atoms with Crippen molar-refractivity contribution in [2.45, 2.75) is 59.2 Å². The maximum Gasteiger partial charge on any atom is 0.222 e. The van der Waals surface area contributed by atoms with Gasteiger partial charge in [-0.25, -0.2) is 0 Å². The Balaban J connectivity index is 1.47. The second kappa shape index (κ2) is 8.45. The predicted molar refractivity (Wildman–Crippen MR) is 102 cm³/mol. The number of carbonyl (C=O) groups is 1. The Kier molecular flexibility index (Phi) is 6.04. The topological polar surface area (TPSA) is 63.1 Å². The van der Waals surface area contributed by atoms with Gasteiger partial charge in [-0.05, 0) is 57.4 Å². The third-order valence-electron chi connectivity index (χ3n) is 5.29. The summed E-state index contributed by atoms with van der Waals surface area (Å²) >= 11 is 0. The van der Waals surface area contributed by atoms with Crippen molar-refractivity contribution in [2.75, 3.05) is 13.1 Å². The summed E-state index contributed by atoms with van der Waals surface area (Å²) in [6, 6.07) is 4.31. The number of aryl methyl sites for hydroxylation is 2. The Morgan fingerprint density at radius 1 is 1.35 bits per heavy atom. The molecule has 0 radical (unpaired) electrons. The van der Waals surface area contributed by atoms with Crippen LogP contribution in [0.4, 0.5) is 0 Å². The van der Waals surface area contributed by atoms with Crippen LogP contribution in [0.3, 0.4) is 0 Å². The average molecular weight is 355 g/mol. The van der Waals surface area contributed by atoms with E-state index in [9.17, 15) is 4.79 Å². The molecule has 3 heterocycles. The Morgan fingerprint density at radius 2 is 2.19 bits per heavy atom. The largest absolute Gasteiger partial charge is 0.352 e. The van der Waals surface area contributed by atoms with Gasteiger partial charge < -0.3 is 5.32 Å². The lowest BCUT2D eigenvalue weighted by atomic mass is 10.0. The summed E-state index contributed by atoms with van der Waals surface area (Å²) in [5, 5.41) is 7.72. The minimum Gasteiger partial charge on any atom is -0.352 e. The third kappa shape index (κ3) is 4.69. The number of rotatable bonds is 6. The SMILES string of the molecule is Cc1nn(CCC(=O)N[C@H]2CCCN(Cc3cccnc3)C2)c(C)c1C. The van der Waals surface area contributed by atoms with E-state index in [0.717, 1.165) is 43.9 Å². The van der Waals surface area contributed by atoms with Crippen molar-refractivity contribution in [3.63, 3.8) is 0 Å². The maximum atomic E-state index is 12.4. The van der Waals surface area contributed by atoms with Gasteiger partial charge in [0.2, 0.25) is 5.91 Å². The zero-order chi connectivity index (χ0) is 18.5. The number of hydrogen-bond acceptors (Lipinski definition) is 4. The molecule has 26 heavy (non-hydrogen) atoms. The van der Waals surface area contributed by atoms with Crippen LogP contribution >= 0.6 is 0 Å². The number of amides is 1. The quantitative estimate of drug-likeness (QED) is 0.864. The molecule has 1 saturated heterocycles. The molecule has 1 fully saturated rings. The molecule has 0 spiro atoms. The lowest BCUT2D eigenvalue weighted by Crippen LogP contribution is -2.47. The van der Waals surface area contributed by atoms with Gasteiger partial charge in [-0.2, -0.15) is 5.10 Å². The lowest BCUT2D eigenvalue weighted by molar-refractivity contribution is -0.122. The Hall–Kier alpha value is -2.21. The van der Waals surface area contributed by atoms with Crippen LogP contribution in [-0.4, -0.2) is 44.7 Å². The number of pyridine rings is 1. The highest BCUT2D eigenvalue weighted by Crippen LogP contribution is 2.14. The van der Waals surface area contributed by atoms with Crippen molar-refractivity contribution < 1.29 is 4.79 Å². The van der Waals surface area contributed by atoms with Crippen molar-refractivity contribution >= 4 is 5.91 Å². The van der Waals surface area contributed by atoms with E-state index in [2.05, 4.69) is 40.2 Å². The van der Waals surface area contributed by atoms with Gasteiger partial charge in [0.15, 0.2) is 0 Å². The number of aromatic nitrogens is 3.